The zero-order chi connectivity index (χ0) is 12.1. The lowest BCUT2D eigenvalue weighted by Gasteiger charge is -2.13. The van der Waals surface area contributed by atoms with Crippen LogP contribution in [0.3, 0.4) is 0 Å². The van der Waals surface area contributed by atoms with E-state index in [0.717, 1.165) is 11.5 Å². The first kappa shape index (κ1) is 12.3. The molecule has 3 N–H and O–H groups in total. The van der Waals surface area contributed by atoms with E-state index in [4.69, 9.17) is 5.73 Å². The maximum atomic E-state index is 11.6. The highest BCUT2D eigenvalue weighted by Crippen LogP contribution is 2.29. The molecule has 1 aliphatic carbocycles. The highest BCUT2D eigenvalue weighted by Gasteiger charge is 2.16. The number of nitrogens with two attached hydrogens (primary N) is 1. The average Bonchev–Trinajstić information content (AvgIpc) is 2.57. The van der Waals surface area contributed by atoms with Crippen LogP contribution in [-0.2, 0) is 6.42 Å². The Kier molecular flexibility index (Phi) is 4.31. The third-order valence-electron chi connectivity index (χ3n) is 3.47. The summed E-state index contributed by atoms with van der Waals surface area (Å²) in [6.07, 6.45) is 8.12. The van der Waals surface area contributed by atoms with Gasteiger partial charge in [0, 0.05) is 18.4 Å². The maximum Gasteiger partial charge on any atom is 0.251 e. The van der Waals surface area contributed by atoms with Crippen LogP contribution in [0, 0.1) is 0 Å². The van der Waals surface area contributed by atoms with Gasteiger partial charge in [-0.25, -0.2) is 4.98 Å². The molecule has 1 aromatic rings. The molecular weight excluding hydrogens is 214 g/mol. The van der Waals surface area contributed by atoms with Crippen LogP contribution in [0.2, 0.25) is 0 Å². The van der Waals surface area contributed by atoms with E-state index in [0.29, 0.717) is 18.9 Å². The van der Waals surface area contributed by atoms with Gasteiger partial charge in [0.15, 0.2) is 0 Å². The van der Waals surface area contributed by atoms with Gasteiger partial charge in [-0.2, -0.15) is 0 Å². The van der Waals surface area contributed by atoms with E-state index in [1.807, 2.05) is 0 Å². The lowest BCUT2D eigenvalue weighted by atomic mass is 9.96. The molecule has 1 saturated carbocycles. The molecule has 0 saturated heterocycles. The van der Waals surface area contributed by atoms with Gasteiger partial charge in [0.1, 0.15) is 5.82 Å². The van der Waals surface area contributed by atoms with Gasteiger partial charge in [-0.3, -0.25) is 4.79 Å². The Morgan fingerprint density at radius 3 is 2.65 bits per heavy atom. The molecule has 94 valence electrons. The largest absolute Gasteiger partial charge is 0.330 e. The lowest BCUT2D eigenvalue weighted by Crippen LogP contribution is -2.17. The monoisotopic (exact) mass is 235 g/mol. The van der Waals surface area contributed by atoms with Crippen LogP contribution in [0.15, 0.2) is 10.9 Å². The SMILES string of the molecule is NCCc1nc(C2CCCCCC2)cc(=O)[nH]1. The van der Waals surface area contributed by atoms with Crippen molar-refractivity contribution in [2.24, 2.45) is 5.73 Å². The van der Waals surface area contributed by atoms with Gasteiger partial charge in [-0.15, -0.1) is 0 Å². The highest BCUT2D eigenvalue weighted by molar-refractivity contribution is 5.09. The van der Waals surface area contributed by atoms with Crippen molar-refractivity contribution < 1.29 is 0 Å². The third kappa shape index (κ3) is 3.40. The molecular formula is C13H21N3O. The first-order valence-corrected chi connectivity index (χ1v) is 6.60. The van der Waals surface area contributed by atoms with Gasteiger partial charge < -0.3 is 10.7 Å². The second-order valence-corrected chi connectivity index (χ2v) is 4.84. The van der Waals surface area contributed by atoms with E-state index in [9.17, 15) is 4.79 Å². The summed E-state index contributed by atoms with van der Waals surface area (Å²) < 4.78 is 0. The summed E-state index contributed by atoms with van der Waals surface area (Å²) in [6.45, 7) is 0.525. The molecule has 4 nitrogen and oxygen atoms in total. The Labute approximate surface area is 102 Å². The van der Waals surface area contributed by atoms with Crippen molar-refractivity contribution in [2.45, 2.75) is 50.9 Å². The molecule has 0 unspecified atom stereocenters. The molecule has 2 rings (SSSR count). The first-order valence-electron chi connectivity index (χ1n) is 6.60. The number of rotatable bonds is 3. The van der Waals surface area contributed by atoms with Crippen LogP contribution in [-0.4, -0.2) is 16.5 Å². The van der Waals surface area contributed by atoms with Crippen LogP contribution in [0.1, 0.15) is 56.0 Å². The first-order chi connectivity index (χ1) is 8.29. The summed E-state index contributed by atoms with van der Waals surface area (Å²) in [7, 11) is 0. The maximum absolute atomic E-state index is 11.6. The molecule has 0 bridgehead atoms. The summed E-state index contributed by atoms with van der Waals surface area (Å²) in [4.78, 5) is 18.9. The van der Waals surface area contributed by atoms with Crippen molar-refractivity contribution >= 4 is 0 Å². The van der Waals surface area contributed by atoms with E-state index in [2.05, 4.69) is 9.97 Å². The van der Waals surface area contributed by atoms with Crippen molar-refractivity contribution in [3.8, 4) is 0 Å². The molecule has 1 aromatic heterocycles. The fraction of sp³-hybridized carbons (Fsp3) is 0.692. The minimum Gasteiger partial charge on any atom is -0.330 e. The molecule has 1 heterocycles. The number of nitrogens with one attached hydrogen (secondary N) is 1. The Balaban J connectivity index is 2.20. The average molecular weight is 235 g/mol. The van der Waals surface area contributed by atoms with Crippen LogP contribution in [0.5, 0.6) is 0 Å². The Morgan fingerprint density at radius 2 is 2.00 bits per heavy atom. The number of hydrogen-bond donors (Lipinski definition) is 2. The summed E-state index contributed by atoms with van der Waals surface area (Å²) in [5.74, 6) is 1.20. The quantitative estimate of drug-likeness (QED) is 0.783. The van der Waals surface area contributed by atoms with Crippen LogP contribution in [0.25, 0.3) is 0 Å². The van der Waals surface area contributed by atoms with Gasteiger partial charge >= 0.3 is 0 Å². The highest BCUT2D eigenvalue weighted by atomic mass is 16.1. The van der Waals surface area contributed by atoms with Gasteiger partial charge in [-0.05, 0) is 19.4 Å². The molecule has 4 heteroatoms. The number of nitrogens with zero attached hydrogens (tertiary/aromatic N) is 1. The molecule has 1 fully saturated rings. The Bertz CT molecular complexity index is 405. The Hall–Kier alpha value is -1.16. The smallest absolute Gasteiger partial charge is 0.251 e. The van der Waals surface area contributed by atoms with Gasteiger partial charge in [0.05, 0.1) is 5.69 Å². The molecule has 0 amide bonds. The minimum absolute atomic E-state index is 0.0392. The van der Waals surface area contributed by atoms with Crippen LogP contribution >= 0.6 is 0 Å². The van der Waals surface area contributed by atoms with Crippen molar-refractivity contribution in [2.75, 3.05) is 6.54 Å². The number of hydrogen-bond acceptors (Lipinski definition) is 3. The summed E-state index contributed by atoms with van der Waals surface area (Å²) >= 11 is 0. The summed E-state index contributed by atoms with van der Waals surface area (Å²) in [5, 5.41) is 0. The summed E-state index contributed by atoms with van der Waals surface area (Å²) in [5.41, 5.74) is 6.43. The van der Waals surface area contributed by atoms with E-state index in [-0.39, 0.29) is 5.56 Å². The fourth-order valence-corrected chi connectivity index (χ4v) is 2.57. The topological polar surface area (TPSA) is 71.8 Å². The Morgan fingerprint density at radius 1 is 1.29 bits per heavy atom. The zero-order valence-corrected chi connectivity index (χ0v) is 10.2. The van der Waals surface area contributed by atoms with Crippen molar-refractivity contribution in [1.82, 2.24) is 9.97 Å². The van der Waals surface area contributed by atoms with Crippen molar-refractivity contribution in [1.29, 1.82) is 0 Å². The molecule has 0 aromatic carbocycles. The second kappa shape index (κ2) is 5.96. The van der Waals surface area contributed by atoms with E-state index >= 15 is 0 Å². The molecule has 0 aliphatic heterocycles. The predicted molar refractivity (Wildman–Crippen MR) is 68.1 cm³/mol. The third-order valence-corrected chi connectivity index (χ3v) is 3.47. The summed E-state index contributed by atoms with van der Waals surface area (Å²) in [6, 6.07) is 1.66. The molecule has 0 spiro atoms. The molecule has 17 heavy (non-hydrogen) atoms. The molecule has 1 aliphatic rings. The van der Waals surface area contributed by atoms with Gasteiger partial charge in [-0.1, -0.05) is 25.7 Å². The second-order valence-electron chi connectivity index (χ2n) is 4.84. The predicted octanol–water partition coefficient (Wildman–Crippen LogP) is 1.71. The standard InChI is InChI=1S/C13H21N3O/c14-8-7-12-15-11(9-13(17)16-12)10-5-3-1-2-4-6-10/h9-10H,1-8,14H2,(H,15,16,17). The number of aromatic nitrogens is 2. The zero-order valence-electron chi connectivity index (χ0n) is 10.2. The van der Waals surface area contributed by atoms with Crippen molar-refractivity contribution in [3.63, 3.8) is 0 Å². The number of aromatic amines is 1. The number of H-pyrrole nitrogens is 1. The van der Waals surface area contributed by atoms with Crippen LogP contribution in [0.4, 0.5) is 0 Å². The fourth-order valence-electron chi connectivity index (χ4n) is 2.57. The molecule has 0 atom stereocenters. The van der Waals surface area contributed by atoms with E-state index in [1.54, 1.807) is 6.07 Å². The van der Waals surface area contributed by atoms with Gasteiger partial charge in [0.25, 0.3) is 5.56 Å². The van der Waals surface area contributed by atoms with Gasteiger partial charge in [0.2, 0.25) is 0 Å². The molecule has 0 radical (unpaired) electrons. The minimum atomic E-state index is -0.0392. The normalized spacial score (nSPS) is 17.9. The van der Waals surface area contributed by atoms with Crippen molar-refractivity contribution in [3.05, 3.63) is 27.9 Å². The van der Waals surface area contributed by atoms with Crippen LogP contribution < -0.4 is 11.3 Å². The van der Waals surface area contributed by atoms with E-state index in [1.165, 1.54) is 38.5 Å². The lowest BCUT2D eigenvalue weighted by molar-refractivity contribution is 0.571. The van der Waals surface area contributed by atoms with E-state index < -0.39 is 0 Å².